The molecule has 122 valence electrons. The Morgan fingerprint density at radius 3 is 2.88 bits per heavy atom. The highest BCUT2D eigenvalue weighted by Gasteiger charge is 2.22. The zero-order valence-corrected chi connectivity index (χ0v) is 14.3. The van der Waals surface area contributed by atoms with E-state index in [-0.39, 0.29) is 11.9 Å². The molecule has 0 saturated heterocycles. The van der Waals surface area contributed by atoms with Gasteiger partial charge in [0.15, 0.2) is 0 Å². The molecule has 0 radical (unpaired) electrons. The largest absolute Gasteiger partial charge is 0.397 e. The number of nitrogens with one attached hydrogen (secondary N) is 1. The molecule has 5 heteroatoms. The summed E-state index contributed by atoms with van der Waals surface area (Å²) in [7, 11) is 0. The zero-order chi connectivity index (χ0) is 16.7. The van der Waals surface area contributed by atoms with Gasteiger partial charge in [-0.15, -0.1) is 11.3 Å². The number of thiophene rings is 1. The standard InChI is InChI=1S/C19H19N3OS/c1-11(12-6-3-2-4-7-12)21-18(23)17-16(20)14-10-13-8-5-9-15(13)22-19(14)24-17/h2-4,6-7,10-11H,5,8-9,20H2,1H3,(H,21,23). The van der Waals surface area contributed by atoms with Crippen LogP contribution in [-0.4, -0.2) is 10.9 Å². The lowest BCUT2D eigenvalue weighted by Crippen LogP contribution is -2.26. The van der Waals surface area contributed by atoms with Crippen LogP contribution in [0.15, 0.2) is 36.4 Å². The van der Waals surface area contributed by atoms with Crippen LogP contribution in [0.1, 0.15) is 45.9 Å². The zero-order valence-electron chi connectivity index (χ0n) is 13.5. The first-order chi connectivity index (χ1) is 11.6. The van der Waals surface area contributed by atoms with Gasteiger partial charge in [0.2, 0.25) is 0 Å². The third kappa shape index (κ3) is 2.55. The van der Waals surface area contributed by atoms with Crippen LogP contribution in [-0.2, 0) is 12.8 Å². The molecule has 4 rings (SSSR count). The van der Waals surface area contributed by atoms with E-state index >= 15 is 0 Å². The van der Waals surface area contributed by atoms with E-state index in [4.69, 9.17) is 10.7 Å². The monoisotopic (exact) mass is 337 g/mol. The molecule has 1 aromatic carbocycles. The predicted molar refractivity (Wildman–Crippen MR) is 98.4 cm³/mol. The molecular formula is C19H19N3OS. The second-order valence-corrected chi connectivity index (χ2v) is 7.25. The number of fused-ring (bicyclic) bond motifs is 2. The van der Waals surface area contributed by atoms with E-state index in [1.807, 2.05) is 37.3 Å². The van der Waals surface area contributed by atoms with E-state index in [2.05, 4.69) is 11.4 Å². The predicted octanol–water partition coefficient (Wildman–Crippen LogP) is 3.86. The van der Waals surface area contributed by atoms with E-state index in [0.717, 1.165) is 40.7 Å². The Kier molecular flexibility index (Phi) is 3.73. The summed E-state index contributed by atoms with van der Waals surface area (Å²) in [5, 5.41) is 3.95. The third-order valence-electron chi connectivity index (χ3n) is 4.60. The molecule has 0 spiro atoms. The van der Waals surface area contributed by atoms with Gasteiger partial charge in [-0.25, -0.2) is 4.98 Å². The molecule has 4 nitrogen and oxygen atoms in total. The van der Waals surface area contributed by atoms with E-state index < -0.39 is 0 Å². The van der Waals surface area contributed by atoms with Gasteiger partial charge < -0.3 is 11.1 Å². The number of carbonyl (C=O) groups excluding carboxylic acids is 1. The van der Waals surface area contributed by atoms with E-state index in [1.54, 1.807) is 0 Å². The van der Waals surface area contributed by atoms with Crippen molar-refractivity contribution in [2.45, 2.75) is 32.2 Å². The number of hydrogen-bond donors (Lipinski definition) is 2. The number of nitrogen functional groups attached to an aromatic ring is 1. The molecule has 1 aliphatic rings. The average molecular weight is 337 g/mol. The second-order valence-electron chi connectivity index (χ2n) is 6.25. The van der Waals surface area contributed by atoms with Crippen molar-refractivity contribution in [1.82, 2.24) is 10.3 Å². The van der Waals surface area contributed by atoms with E-state index in [0.29, 0.717) is 10.6 Å². The maximum atomic E-state index is 12.7. The molecular weight excluding hydrogens is 318 g/mol. The van der Waals surface area contributed by atoms with Gasteiger partial charge in [0.1, 0.15) is 9.71 Å². The minimum Gasteiger partial charge on any atom is -0.397 e. The van der Waals surface area contributed by atoms with E-state index in [1.165, 1.54) is 16.9 Å². The summed E-state index contributed by atoms with van der Waals surface area (Å²) in [5.41, 5.74) is 10.3. The van der Waals surface area contributed by atoms with Crippen molar-refractivity contribution in [3.63, 3.8) is 0 Å². The number of nitrogens with two attached hydrogens (primary N) is 1. The molecule has 3 N–H and O–H groups in total. The van der Waals surface area contributed by atoms with Crippen molar-refractivity contribution in [2.24, 2.45) is 0 Å². The Balaban J connectivity index is 1.64. The second kappa shape index (κ2) is 5.91. The van der Waals surface area contributed by atoms with Crippen molar-refractivity contribution in [3.05, 3.63) is 58.1 Å². The third-order valence-corrected chi connectivity index (χ3v) is 5.72. The Bertz CT molecular complexity index is 917. The average Bonchev–Trinajstić information content (AvgIpc) is 3.18. The number of carbonyl (C=O) groups is 1. The molecule has 0 bridgehead atoms. The van der Waals surface area contributed by atoms with Gasteiger partial charge in [0.05, 0.1) is 11.7 Å². The Hall–Kier alpha value is -2.40. The molecule has 1 amide bonds. The summed E-state index contributed by atoms with van der Waals surface area (Å²) in [6, 6.07) is 12.0. The molecule has 0 fully saturated rings. The van der Waals surface area contributed by atoms with Gasteiger partial charge in [-0.3, -0.25) is 4.79 Å². The number of pyridine rings is 1. The molecule has 1 atom stereocenters. The number of benzene rings is 1. The van der Waals surface area contributed by atoms with Crippen LogP contribution < -0.4 is 11.1 Å². The number of aryl methyl sites for hydroxylation is 2. The fraction of sp³-hybridized carbons (Fsp3) is 0.263. The van der Waals surface area contributed by atoms with Crippen LogP contribution in [0.4, 0.5) is 5.69 Å². The Labute approximate surface area is 144 Å². The van der Waals surface area contributed by atoms with Crippen LogP contribution in [0.3, 0.4) is 0 Å². The first-order valence-electron chi connectivity index (χ1n) is 8.20. The van der Waals surface area contributed by atoms with Gasteiger partial charge >= 0.3 is 0 Å². The highest BCUT2D eigenvalue weighted by atomic mass is 32.1. The van der Waals surface area contributed by atoms with Crippen LogP contribution in [0.25, 0.3) is 10.2 Å². The molecule has 3 aromatic rings. The number of amides is 1. The lowest BCUT2D eigenvalue weighted by molar-refractivity contribution is 0.0945. The lowest BCUT2D eigenvalue weighted by Gasteiger charge is -2.13. The highest BCUT2D eigenvalue weighted by Crippen LogP contribution is 2.36. The van der Waals surface area contributed by atoms with Gasteiger partial charge in [-0.1, -0.05) is 30.3 Å². The first-order valence-corrected chi connectivity index (χ1v) is 9.01. The molecule has 0 aliphatic heterocycles. The maximum absolute atomic E-state index is 12.7. The van der Waals surface area contributed by atoms with Gasteiger partial charge in [0.25, 0.3) is 5.91 Å². The SMILES string of the molecule is CC(NC(=O)c1sc2nc3c(cc2c1N)CCC3)c1ccccc1. The van der Waals surface area contributed by atoms with Gasteiger partial charge in [0, 0.05) is 11.1 Å². The highest BCUT2D eigenvalue weighted by molar-refractivity contribution is 7.21. The van der Waals surface area contributed by atoms with Crippen LogP contribution in [0.2, 0.25) is 0 Å². The van der Waals surface area contributed by atoms with Crippen LogP contribution in [0, 0.1) is 0 Å². The molecule has 0 saturated carbocycles. The number of aromatic nitrogens is 1. The van der Waals surface area contributed by atoms with Crippen LogP contribution >= 0.6 is 11.3 Å². The summed E-state index contributed by atoms with van der Waals surface area (Å²) in [5.74, 6) is -0.132. The van der Waals surface area contributed by atoms with Crippen molar-refractivity contribution in [2.75, 3.05) is 5.73 Å². The summed E-state index contributed by atoms with van der Waals surface area (Å²) in [6.45, 7) is 1.98. The van der Waals surface area contributed by atoms with Crippen molar-refractivity contribution in [3.8, 4) is 0 Å². The Morgan fingerprint density at radius 1 is 1.29 bits per heavy atom. The minimum atomic E-state index is -0.132. The first kappa shape index (κ1) is 15.1. The number of hydrogen-bond acceptors (Lipinski definition) is 4. The number of rotatable bonds is 3. The number of anilines is 1. The van der Waals surface area contributed by atoms with Gasteiger partial charge in [-0.05, 0) is 43.4 Å². The fourth-order valence-corrected chi connectivity index (χ4v) is 4.25. The maximum Gasteiger partial charge on any atom is 0.264 e. The summed E-state index contributed by atoms with van der Waals surface area (Å²) in [6.07, 6.45) is 3.23. The van der Waals surface area contributed by atoms with Crippen molar-refractivity contribution >= 4 is 33.1 Å². The summed E-state index contributed by atoms with van der Waals surface area (Å²) in [4.78, 5) is 18.8. The molecule has 2 aromatic heterocycles. The van der Waals surface area contributed by atoms with Gasteiger partial charge in [-0.2, -0.15) is 0 Å². The minimum absolute atomic E-state index is 0.0683. The quantitative estimate of drug-likeness (QED) is 0.762. The smallest absolute Gasteiger partial charge is 0.264 e. The molecule has 1 unspecified atom stereocenters. The normalized spacial score (nSPS) is 14.5. The van der Waals surface area contributed by atoms with Crippen molar-refractivity contribution < 1.29 is 4.79 Å². The summed E-state index contributed by atoms with van der Waals surface area (Å²) >= 11 is 1.39. The summed E-state index contributed by atoms with van der Waals surface area (Å²) < 4.78 is 0. The lowest BCUT2D eigenvalue weighted by atomic mass is 10.1. The fourth-order valence-electron chi connectivity index (χ4n) is 3.25. The van der Waals surface area contributed by atoms with Crippen LogP contribution in [0.5, 0.6) is 0 Å². The molecule has 24 heavy (non-hydrogen) atoms. The Morgan fingerprint density at radius 2 is 2.08 bits per heavy atom. The van der Waals surface area contributed by atoms with E-state index in [9.17, 15) is 4.79 Å². The number of nitrogens with zero attached hydrogens (tertiary/aromatic N) is 1. The molecule has 2 heterocycles. The topological polar surface area (TPSA) is 68.0 Å². The molecule has 1 aliphatic carbocycles. The van der Waals surface area contributed by atoms with Crippen molar-refractivity contribution in [1.29, 1.82) is 0 Å².